The van der Waals surface area contributed by atoms with Gasteiger partial charge in [-0.3, -0.25) is 0 Å². The molecule has 1 aliphatic heterocycles. The quantitative estimate of drug-likeness (QED) is 0.162. The molecule has 38 heavy (non-hydrogen) atoms. The molecule has 3 nitrogen and oxygen atoms in total. The van der Waals surface area contributed by atoms with Gasteiger partial charge in [0, 0.05) is 30.0 Å². The fourth-order valence-corrected chi connectivity index (χ4v) is 6.20. The molecular formula is C35H59NO2. The van der Waals surface area contributed by atoms with Crippen molar-refractivity contribution in [2.45, 2.75) is 143 Å². The standard InChI is InChI=1S/C35H59NO2/c1-7-10-11-12-13-14-15-16-17-18-19-20-21-23-30-24-22-25-33(38-9-3)34(30)35-31(8-2)28(4)36-29(5)32(35)26-27-37-6/h22,24-25,35-36H,7-21,23,26-27H2,1-6H3. The number of methoxy groups -OCH3 is 1. The Bertz CT molecular complexity index is 853. The van der Waals surface area contributed by atoms with E-state index in [1.807, 2.05) is 0 Å². The molecule has 0 aromatic heterocycles. The monoisotopic (exact) mass is 525 g/mol. The minimum Gasteiger partial charge on any atom is -0.494 e. The molecule has 1 unspecified atom stereocenters. The summed E-state index contributed by atoms with van der Waals surface area (Å²) in [5.74, 6) is 1.34. The molecular weight excluding hydrogens is 466 g/mol. The Morgan fingerprint density at radius 1 is 0.711 bits per heavy atom. The molecule has 1 heterocycles. The number of hydrogen-bond acceptors (Lipinski definition) is 3. The molecule has 0 spiro atoms. The summed E-state index contributed by atoms with van der Waals surface area (Å²) in [7, 11) is 1.80. The highest BCUT2D eigenvalue weighted by molar-refractivity contribution is 5.54. The van der Waals surface area contributed by atoms with Crippen molar-refractivity contribution in [2.24, 2.45) is 0 Å². The van der Waals surface area contributed by atoms with E-state index in [4.69, 9.17) is 9.47 Å². The van der Waals surface area contributed by atoms with Crippen LogP contribution < -0.4 is 10.1 Å². The zero-order valence-corrected chi connectivity index (χ0v) is 25.9. The lowest BCUT2D eigenvalue weighted by Gasteiger charge is -2.34. The van der Waals surface area contributed by atoms with Crippen LogP contribution in [0.15, 0.2) is 40.7 Å². The Balaban J connectivity index is 1.99. The van der Waals surface area contributed by atoms with E-state index in [0.717, 1.165) is 31.6 Å². The van der Waals surface area contributed by atoms with Crippen molar-refractivity contribution >= 4 is 0 Å². The van der Waals surface area contributed by atoms with Gasteiger partial charge in [-0.2, -0.15) is 0 Å². The highest BCUT2D eigenvalue weighted by Gasteiger charge is 2.31. The Hall–Kier alpha value is -1.74. The highest BCUT2D eigenvalue weighted by atomic mass is 16.5. The van der Waals surface area contributed by atoms with Crippen LogP contribution in [0.25, 0.3) is 0 Å². The largest absolute Gasteiger partial charge is 0.494 e. The van der Waals surface area contributed by atoms with Gasteiger partial charge in [-0.1, -0.05) is 103 Å². The van der Waals surface area contributed by atoms with Crippen molar-refractivity contribution in [3.05, 3.63) is 51.9 Å². The van der Waals surface area contributed by atoms with E-state index < -0.39 is 0 Å². The zero-order valence-electron chi connectivity index (χ0n) is 25.9. The van der Waals surface area contributed by atoms with Crippen LogP contribution in [0, 0.1) is 0 Å². The first kappa shape index (κ1) is 32.5. The number of rotatable bonds is 21. The van der Waals surface area contributed by atoms with Crippen molar-refractivity contribution in [2.75, 3.05) is 20.3 Å². The van der Waals surface area contributed by atoms with Crippen LogP contribution in [0.1, 0.15) is 148 Å². The normalized spacial score (nSPS) is 15.8. The molecule has 0 amide bonds. The third-order valence-electron chi connectivity index (χ3n) is 8.29. The lowest BCUT2D eigenvalue weighted by Crippen LogP contribution is -2.26. The van der Waals surface area contributed by atoms with Crippen LogP contribution in [-0.2, 0) is 11.2 Å². The van der Waals surface area contributed by atoms with Crippen LogP contribution in [0.5, 0.6) is 5.75 Å². The van der Waals surface area contributed by atoms with Crippen LogP contribution in [0.4, 0.5) is 0 Å². The van der Waals surface area contributed by atoms with E-state index in [1.54, 1.807) is 7.11 Å². The molecule has 1 N–H and O–H groups in total. The van der Waals surface area contributed by atoms with Crippen molar-refractivity contribution in [1.82, 2.24) is 5.32 Å². The number of hydrogen-bond donors (Lipinski definition) is 1. The fraction of sp³-hybridized carbons (Fsp3) is 0.714. The van der Waals surface area contributed by atoms with Gasteiger partial charge in [-0.15, -0.1) is 0 Å². The Labute approximate surface area is 235 Å². The number of benzene rings is 1. The van der Waals surface area contributed by atoms with Crippen molar-refractivity contribution < 1.29 is 9.47 Å². The Kier molecular flexibility index (Phi) is 16.5. The lowest BCUT2D eigenvalue weighted by molar-refractivity contribution is 0.200. The minimum atomic E-state index is 0.274. The van der Waals surface area contributed by atoms with Crippen molar-refractivity contribution in [3.63, 3.8) is 0 Å². The van der Waals surface area contributed by atoms with Gasteiger partial charge >= 0.3 is 0 Å². The third-order valence-corrected chi connectivity index (χ3v) is 8.29. The first-order valence-corrected chi connectivity index (χ1v) is 16.0. The molecule has 3 heteroatoms. The second-order valence-corrected chi connectivity index (χ2v) is 11.2. The second-order valence-electron chi connectivity index (χ2n) is 11.2. The van der Waals surface area contributed by atoms with E-state index in [0.29, 0.717) is 6.61 Å². The number of dihydropyridines is 1. The first-order valence-electron chi connectivity index (χ1n) is 16.0. The number of nitrogens with one attached hydrogen (secondary N) is 1. The van der Waals surface area contributed by atoms with E-state index >= 15 is 0 Å². The topological polar surface area (TPSA) is 30.5 Å². The van der Waals surface area contributed by atoms with Gasteiger partial charge in [0.25, 0.3) is 0 Å². The first-order chi connectivity index (χ1) is 18.6. The van der Waals surface area contributed by atoms with Gasteiger partial charge in [0.2, 0.25) is 0 Å². The van der Waals surface area contributed by atoms with Crippen LogP contribution >= 0.6 is 0 Å². The second kappa shape index (κ2) is 19.3. The Morgan fingerprint density at radius 2 is 1.29 bits per heavy atom. The van der Waals surface area contributed by atoms with Gasteiger partial charge in [0.15, 0.2) is 0 Å². The van der Waals surface area contributed by atoms with Gasteiger partial charge in [0.1, 0.15) is 5.75 Å². The van der Waals surface area contributed by atoms with E-state index in [-0.39, 0.29) is 5.92 Å². The SMILES string of the molecule is CCCCCCCCCCCCCCCc1cccc(OCC)c1C1C(CC)=C(C)NC(C)=C1CCOC. The molecule has 2 rings (SSSR count). The average Bonchev–Trinajstić information content (AvgIpc) is 2.91. The summed E-state index contributed by atoms with van der Waals surface area (Å²) in [5.41, 5.74) is 8.38. The predicted octanol–water partition coefficient (Wildman–Crippen LogP) is 10.4. The third kappa shape index (κ3) is 10.4. The molecule has 1 aliphatic rings. The summed E-state index contributed by atoms with van der Waals surface area (Å²) in [4.78, 5) is 0. The molecule has 0 saturated heterocycles. The summed E-state index contributed by atoms with van der Waals surface area (Å²) >= 11 is 0. The predicted molar refractivity (Wildman–Crippen MR) is 165 cm³/mol. The number of unbranched alkanes of at least 4 members (excludes halogenated alkanes) is 12. The van der Waals surface area contributed by atoms with Crippen molar-refractivity contribution in [3.8, 4) is 5.75 Å². The van der Waals surface area contributed by atoms with E-state index in [9.17, 15) is 0 Å². The lowest BCUT2D eigenvalue weighted by atomic mass is 9.76. The van der Waals surface area contributed by atoms with Crippen LogP contribution in [0.2, 0.25) is 0 Å². The molecule has 1 aromatic carbocycles. The average molecular weight is 526 g/mol. The summed E-state index contributed by atoms with van der Waals surface area (Å²) in [6.07, 6.45) is 21.2. The molecule has 0 bridgehead atoms. The summed E-state index contributed by atoms with van der Waals surface area (Å²) in [5, 5.41) is 3.67. The summed E-state index contributed by atoms with van der Waals surface area (Å²) in [6.45, 7) is 12.6. The van der Waals surface area contributed by atoms with E-state index in [1.165, 1.54) is 117 Å². The molecule has 216 valence electrons. The number of aryl methyl sites for hydroxylation is 1. The van der Waals surface area contributed by atoms with Crippen LogP contribution in [0.3, 0.4) is 0 Å². The molecule has 0 saturated carbocycles. The molecule has 1 atom stereocenters. The molecule has 0 radical (unpaired) electrons. The number of allylic oxidation sites excluding steroid dienone is 3. The zero-order chi connectivity index (χ0) is 27.6. The maximum atomic E-state index is 6.27. The van der Waals surface area contributed by atoms with Gasteiger partial charge in [-0.25, -0.2) is 0 Å². The summed E-state index contributed by atoms with van der Waals surface area (Å²) in [6, 6.07) is 6.73. The summed E-state index contributed by atoms with van der Waals surface area (Å²) < 4.78 is 11.8. The maximum Gasteiger partial charge on any atom is 0.123 e. The molecule has 0 fully saturated rings. The fourth-order valence-electron chi connectivity index (χ4n) is 6.20. The minimum absolute atomic E-state index is 0.274. The number of ether oxygens (including phenoxy) is 2. The van der Waals surface area contributed by atoms with Gasteiger partial charge < -0.3 is 14.8 Å². The van der Waals surface area contributed by atoms with Crippen molar-refractivity contribution in [1.29, 1.82) is 0 Å². The molecule has 0 aliphatic carbocycles. The molecule has 1 aromatic rings. The maximum absolute atomic E-state index is 6.27. The van der Waals surface area contributed by atoms with Gasteiger partial charge in [-0.05, 0) is 69.2 Å². The highest BCUT2D eigenvalue weighted by Crippen LogP contribution is 2.46. The smallest absolute Gasteiger partial charge is 0.123 e. The van der Waals surface area contributed by atoms with E-state index in [2.05, 4.69) is 58.1 Å². The van der Waals surface area contributed by atoms with Crippen LogP contribution in [-0.4, -0.2) is 20.3 Å². The van der Waals surface area contributed by atoms with Gasteiger partial charge in [0.05, 0.1) is 13.2 Å². The Morgan fingerprint density at radius 3 is 1.84 bits per heavy atom.